The van der Waals surface area contributed by atoms with Gasteiger partial charge >= 0.3 is 6.18 Å². The van der Waals surface area contributed by atoms with Crippen LogP contribution in [0.1, 0.15) is 43.7 Å². The van der Waals surface area contributed by atoms with Crippen molar-refractivity contribution in [3.05, 3.63) is 77.9 Å². The van der Waals surface area contributed by atoms with E-state index >= 15 is 0 Å². The van der Waals surface area contributed by atoms with Crippen LogP contribution < -0.4 is 5.32 Å². The number of nitrogens with one attached hydrogen (secondary N) is 1. The molecule has 2 heterocycles. The first kappa shape index (κ1) is 27.1. The monoisotopic (exact) mass is 563 g/mol. The maximum Gasteiger partial charge on any atom is 0.420 e. The van der Waals surface area contributed by atoms with Crippen LogP contribution in [-0.2, 0) is 19.8 Å². The Balaban J connectivity index is 1.37. The van der Waals surface area contributed by atoms with Crippen molar-refractivity contribution in [3.63, 3.8) is 0 Å². The minimum Gasteiger partial charge on any atom is -0.435 e. The fourth-order valence-electron chi connectivity index (χ4n) is 5.71. The molecule has 6 rings (SSSR count). The van der Waals surface area contributed by atoms with Crippen molar-refractivity contribution in [2.24, 2.45) is 13.0 Å². The number of hydrogen-bond acceptors (Lipinski definition) is 5. The van der Waals surface area contributed by atoms with Gasteiger partial charge in [0.15, 0.2) is 11.4 Å². The number of halogens is 4. The second-order valence-corrected chi connectivity index (χ2v) is 10.9. The Morgan fingerprint density at radius 3 is 2.61 bits per heavy atom. The second kappa shape index (κ2) is 10.7. The second-order valence-electron chi connectivity index (χ2n) is 10.9. The van der Waals surface area contributed by atoms with E-state index < -0.39 is 17.6 Å². The SMILES string of the molecule is CC1CCCC(NCc2cc(C(F)(F)F)c3oc(-c4cccc(-c5ccc(F)cc5-c5nncn5C)c4)nc3c2)C1. The first-order valence-corrected chi connectivity index (χ1v) is 13.6. The third kappa shape index (κ3) is 5.61. The molecule has 1 aliphatic carbocycles. The lowest BCUT2D eigenvalue weighted by Crippen LogP contribution is -2.33. The average Bonchev–Trinajstić information content (AvgIpc) is 3.57. The molecule has 41 heavy (non-hydrogen) atoms. The summed E-state index contributed by atoms with van der Waals surface area (Å²) in [5.41, 5.74) is 1.93. The van der Waals surface area contributed by atoms with Gasteiger partial charge in [-0.1, -0.05) is 38.0 Å². The molecule has 0 amide bonds. The number of aromatic nitrogens is 4. The van der Waals surface area contributed by atoms with E-state index in [9.17, 15) is 17.6 Å². The number of hydrogen-bond donors (Lipinski definition) is 1. The van der Waals surface area contributed by atoms with Crippen LogP contribution in [-0.4, -0.2) is 25.8 Å². The van der Waals surface area contributed by atoms with Crippen LogP contribution >= 0.6 is 0 Å². The maximum absolute atomic E-state index is 14.2. The predicted octanol–water partition coefficient (Wildman–Crippen LogP) is 7.78. The zero-order valence-electron chi connectivity index (χ0n) is 22.7. The zero-order chi connectivity index (χ0) is 28.7. The predicted molar refractivity (Wildman–Crippen MR) is 148 cm³/mol. The van der Waals surface area contributed by atoms with Crippen molar-refractivity contribution in [1.29, 1.82) is 0 Å². The molecule has 10 heteroatoms. The quantitative estimate of drug-likeness (QED) is 0.214. The van der Waals surface area contributed by atoms with Crippen molar-refractivity contribution in [2.45, 2.75) is 51.4 Å². The Kier molecular flexibility index (Phi) is 7.11. The number of fused-ring (bicyclic) bond motifs is 1. The maximum atomic E-state index is 14.2. The first-order valence-electron chi connectivity index (χ1n) is 13.6. The Morgan fingerprint density at radius 1 is 1.02 bits per heavy atom. The van der Waals surface area contributed by atoms with E-state index in [1.807, 2.05) is 6.07 Å². The molecule has 3 aromatic carbocycles. The van der Waals surface area contributed by atoms with E-state index in [1.54, 1.807) is 41.9 Å². The molecule has 2 aromatic heterocycles. The Bertz CT molecular complexity index is 1710. The summed E-state index contributed by atoms with van der Waals surface area (Å²) in [5, 5.41) is 11.5. The molecule has 1 N–H and O–H groups in total. The summed E-state index contributed by atoms with van der Waals surface area (Å²) < 4.78 is 64.1. The highest BCUT2D eigenvalue weighted by Crippen LogP contribution is 2.39. The van der Waals surface area contributed by atoms with Crippen LogP contribution in [0.2, 0.25) is 0 Å². The van der Waals surface area contributed by atoms with Gasteiger partial charge in [-0.3, -0.25) is 0 Å². The smallest absolute Gasteiger partial charge is 0.420 e. The molecule has 212 valence electrons. The van der Waals surface area contributed by atoms with Gasteiger partial charge in [0.1, 0.15) is 23.2 Å². The lowest BCUT2D eigenvalue weighted by molar-refractivity contribution is -0.136. The standard InChI is InChI=1S/C31H29F4N5O/c1-18-5-3-8-23(11-18)36-16-19-12-26(31(33,34)35)28-27(13-19)38-30(41-28)21-7-4-6-20(14-21)24-10-9-22(32)15-25(24)29-39-37-17-40(29)2/h4,6-7,9-10,12-15,17-18,23,36H,3,5,8,11,16H2,1-2H3. The number of benzene rings is 3. The largest absolute Gasteiger partial charge is 0.435 e. The third-order valence-electron chi connectivity index (χ3n) is 7.74. The fraction of sp³-hybridized carbons (Fsp3) is 0.323. The van der Waals surface area contributed by atoms with Crippen molar-refractivity contribution >= 4 is 11.1 Å². The van der Waals surface area contributed by atoms with Crippen LogP contribution in [0.15, 0.2) is 65.3 Å². The molecule has 0 radical (unpaired) electrons. The summed E-state index contributed by atoms with van der Waals surface area (Å²) in [7, 11) is 1.76. The van der Waals surface area contributed by atoms with Gasteiger partial charge in [0.2, 0.25) is 5.89 Å². The fourth-order valence-corrected chi connectivity index (χ4v) is 5.71. The van der Waals surface area contributed by atoms with Crippen molar-refractivity contribution in [3.8, 4) is 34.0 Å². The minimum absolute atomic E-state index is 0.0703. The number of rotatable bonds is 6. The van der Waals surface area contributed by atoms with Gasteiger partial charge in [0.05, 0.1) is 0 Å². The lowest BCUT2D eigenvalue weighted by atomic mass is 9.87. The highest BCUT2D eigenvalue weighted by atomic mass is 19.4. The van der Waals surface area contributed by atoms with Crippen LogP contribution in [0.5, 0.6) is 0 Å². The van der Waals surface area contributed by atoms with Gasteiger partial charge in [-0.05, 0) is 71.8 Å². The van der Waals surface area contributed by atoms with Gasteiger partial charge in [0, 0.05) is 30.8 Å². The topological polar surface area (TPSA) is 68.8 Å². The van der Waals surface area contributed by atoms with E-state index in [1.165, 1.54) is 24.9 Å². The molecule has 1 fully saturated rings. The van der Waals surface area contributed by atoms with Crippen molar-refractivity contribution < 1.29 is 22.0 Å². The summed E-state index contributed by atoms with van der Waals surface area (Å²) in [4.78, 5) is 4.48. The van der Waals surface area contributed by atoms with E-state index in [0.29, 0.717) is 46.1 Å². The van der Waals surface area contributed by atoms with E-state index in [2.05, 4.69) is 27.4 Å². The molecule has 0 bridgehead atoms. The van der Waals surface area contributed by atoms with E-state index in [4.69, 9.17) is 4.42 Å². The molecule has 0 saturated heterocycles. The lowest BCUT2D eigenvalue weighted by Gasteiger charge is -2.27. The minimum atomic E-state index is -4.61. The van der Waals surface area contributed by atoms with Gasteiger partial charge in [-0.2, -0.15) is 13.2 Å². The average molecular weight is 564 g/mol. The summed E-state index contributed by atoms with van der Waals surface area (Å²) in [5.74, 6) is 0.728. The first-order chi connectivity index (χ1) is 19.7. The van der Waals surface area contributed by atoms with Gasteiger partial charge < -0.3 is 14.3 Å². The summed E-state index contributed by atoms with van der Waals surface area (Å²) >= 11 is 0. The number of aryl methyl sites for hydroxylation is 1. The number of alkyl halides is 3. The van der Waals surface area contributed by atoms with Crippen molar-refractivity contribution in [2.75, 3.05) is 0 Å². The normalized spacial score (nSPS) is 17.8. The molecule has 1 aliphatic rings. The number of nitrogens with zero attached hydrogens (tertiary/aromatic N) is 4. The van der Waals surface area contributed by atoms with E-state index in [-0.39, 0.29) is 23.0 Å². The van der Waals surface area contributed by atoms with Crippen LogP contribution in [0.3, 0.4) is 0 Å². The Hall–Kier alpha value is -4.05. The molecule has 2 unspecified atom stereocenters. The zero-order valence-corrected chi connectivity index (χ0v) is 22.7. The molecule has 1 saturated carbocycles. The van der Waals surface area contributed by atoms with Crippen LogP contribution in [0.4, 0.5) is 17.6 Å². The molecule has 5 aromatic rings. The molecular weight excluding hydrogens is 534 g/mol. The van der Waals surface area contributed by atoms with Gasteiger partial charge in [-0.15, -0.1) is 10.2 Å². The Morgan fingerprint density at radius 2 is 1.85 bits per heavy atom. The van der Waals surface area contributed by atoms with Crippen molar-refractivity contribution in [1.82, 2.24) is 25.1 Å². The van der Waals surface area contributed by atoms with Crippen LogP contribution in [0.25, 0.3) is 45.1 Å². The highest BCUT2D eigenvalue weighted by Gasteiger charge is 2.35. The molecular formula is C31H29F4N5O. The van der Waals surface area contributed by atoms with Gasteiger partial charge in [-0.25, -0.2) is 9.37 Å². The highest BCUT2D eigenvalue weighted by molar-refractivity contribution is 5.84. The summed E-state index contributed by atoms with van der Waals surface area (Å²) in [6.45, 7) is 2.53. The molecule has 2 atom stereocenters. The molecule has 0 spiro atoms. The summed E-state index contributed by atoms with van der Waals surface area (Å²) in [6.07, 6.45) is 1.27. The Labute approximate surface area is 234 Å². The summed E-state index contributed by atoms with van der Waals surface area (Å²) in [6, 6.07) is 14.5. The van der Waals surface area contributed by atoms with Crippen LogP contribution in [0, 0.1) is 11.7 Å². The van der Waals surface area contributed by atoms with E-state index in [0.717, 1.165) is 25.3 Å². The molecule has 0 aliphatic heterocycles. The van der Waals surface area contributed by atoms with Gasteiger partial charge in [0.25, 0.3) is 0 Å². The number of oxazole rings is 1. The third-order valence-corrected chi connectivity index (χ3v) is 7.74. The molecule has 6 nitrogen and oxygen atoms in total.